The molecule has 2 nitrogen and oxygen atoms in total. The molecule has 0 spiro atoms. The van der Waals surface area contributed by atoms with Gasteiger partial charge in [0.25, 0.3) is 0 Å². The highest BCUT2D eigenvalue weighted by atomic mass is 16.8. The number of hydrogen-bond donors (Lipinski definition) is 0. The molecule has 2 fully saturated rings. The molecule has 0 N–H and O–H groups in total. The Morgan fingerprint density at radius 3 is 2.31 bits per heavy atom. The van der Waals surface area contributed by atoms with Crippen LogP contribution in [-0.4, -0.2) is 18.0 Å². The summed E-state index contributed by atoms with van der Waals surface area (Å²) in [4.78, 5) is 0. The molecule has 0 bridgehead atoms. The summed E-state index contributed by atoms with van der Waals surface area (Å²) in [6.07, 6.45) is 5.26. The lowest BCUT2D eigenvalue weighted by Gasteiger charge is -2.37. The number of hydrogen-bond acceptors (Lipinski definition) is 2. The van der Waals surface area contributed by atoms with Gasteiger partial charge in [-0.05, 0) is 43.9 Å². The predicted octanol–water partition coefficient (Wildman–Crippen LogP) is 3.74. The zero-order valence-electron chi connectivity index (χ0n) is 11.4. The van der Waals surface area contributed by atoms with Gasteiger partial charge in [-0.3, -0.25) is 0 Å². The maximum atomic E-state index is 6.11. The SMILES string of the molecule is CCC1(C)OC2CCC(C(C)(C)C)CC2O1. The fourth-order valence-electron chi connectivity index (χ4n) is 2.98. The zero-order chi connectivity index (χ0) is 12.0. The van der Waals surface area contributed by atoms with Gasteiger partial charge < -0.3 is 9.47 Å². The molecule has 4 unspecified atom stereocenters. The van der Waals surface area contributed by atoms with Crippen LogP contribution in [0.15, 0.2) is 0 Å². The second-order valence-corrected chi connectivity index (χ2v) is 6.68. The third-order valence-electron chi connectivity index (χ3n) is 4.40. The van der Waals surface area contributed by atoms with E-state index in [1.807, 2.05) is 0 Å². The van der Waals surface area contributed by atoms with Crippen molar-refractivity contribution < 1.29 is 9.47 Å². The molecule has 1 heterocycles. The smallest absolute Gasteiger partial charge is 0.166 e. The molecule has 0 radical (unpaired) electrons. The van der Waals surface area contributed by atoms with Gasteiger partial charge in [-0.15, -0.1) is 0 Å². The highest BCUT2D eigenvalue weighted by Gasteiger charge is 2.47. The van der Waals surface area contributed by atoms with Crippen LogP contribution in [0.1, 0.15) is 60.3 Å². The van der Waals surface area contributed by atoms with E-state index < -0.39 is 0 Å². The van der Waals surface area contributed by atoms with Crippen molar-refractivity contribution in [1.82, 2.24) is 0 Å². The molecular formula is C14H26O2. The molecule has 1 saturated heterocycles. The Hall–Kier alpha value is -0.0800. The summed E-state index contributed by atoms with van der Waals surface area (Å²) in [5.41, 5.74) is 0.402. The normalized spacial score (nSPS) is 44.4. The number of ether oxygens (including phenoxy) is 2. The van der Waals surface area contributed by atoms with Gasteiger partial charge in [-0.1, -0.05) is 27.7 Å². The van der Waals surface area contributed by atoms with Crippen LogP contribution >= 0.6 is 0 Å². The fourth-order valence-corrected chi connectivity index (χ4v) is 2.98. The van der Waals surface area contributed by atoms with E-state index in [1.54, 1.807) is 0 Å². The summed E-state index contributed by atoms with van der Waals surface area (Å²) in [5.74, 6) is 0.457. The Labute approximate surface area is 99.7 Å². The van der Waals surface area contributed by atoms with Gasteiger partial charge in [0.15, 0.2) is 5.79 Å². The van der Waals surface area contributed by atoms with Crippen LogP contribution in [0.4, 0.5) is 0 Å². The van der Waals surface area contributed by atoms with Crippen molar-refractivity contribution in [2.45, 2.75) is 78.3 Å². The monoisotopic (exact) mass is 226 g/mol. The highest BCUT2D eigenvalue weighted by Crippen LogP contribution is 2.45. The van der Waals surface area contributed by atoms with E-state index >= 15 is 0 Å². The maximum absolute atomic E-state index is 6.11. The third-order valence-corrected chi connectivity index (χ3v) is 4.40. The van der Waals surface area contributed by atoms with Crippen LogP contribution in [0.5, 0.6) is 0 Å². The van der Waals surface area contributed by atoms with Crippen molar-refractivity contribution in [3.05, 3.63) is 0 Å². The van der Waals surface area contributed by atoms with E-state index in [4.69, 9.17) is 9.47 Å². The summed E-state index contributed by atoms with van der Waals surface area (Å²) < 4.78 is 12.1. The average molecular weight is 226 g/mol. The lowest BCUT2D eigenvalue weighted by molar-refractivity contribution is -0.162. The Bertz CT molecular complexity index is 256. The highest BCUT2D eigenvalue weighted by molar-refractivity contribution is 4.92. The van der Waals surface area contributed by atoms with Gasteiger partial charge in [0, 0.05) is 0 Å². The Kier molecular flexibility index (Phi) is 3.09. The third kappa shape index (κ3) is 2.28. The summed E-state index contributed by atoms with van der Waals surface area (Å²) in [5, 5.41) is 0. The molecule has 4 atom stereocenters. The first-order chi connectivity index (χ1) is 7.34. The van der Waals surface area contributed by atoms with E-state index in [-0.39, 0.29) is 5.79 Å². The van der Waals surface area contributed by atoms with Crippen molar-refractivity contribution in [1.29, 1.82) is 0 Å². The lowest BCUT2D eigenvalue weighted by Crippen LogP contribution is -2.36. The number of rotatable bonds is 1. The average Bonchev–Trinajstić information content (AvgIpc) is 2.52. The molecule has 1 aliphatic carbocycles. The van der Waals surface area contributed by atoms with Crippen LogP contribution in [0, 0.1) is 11.3 Å². The van der Waals surface area contributed by atoms with E-state index in [1.165, 1.54) is 19.3 Å². The van der Waals surface area contributed by atoms with Crippen LogP contribution in [0.3, 0.4) is 0 Å². The standard InChI is InChI=1S/C14H26O2/c1-6-14(5)15-11-8-7-10(13(2,3)4)9-12(11)16-14/h10-12H,6-9H2,1-5H3. The van der Waals surface area contributed by atoms with E-state index in [2.05, 4.69) is 34.6 Å². The zero-order valence-corrected chi connectivity index (χ0v) is 11.4. The van der Waals surface area contributed by atoms with Gasteiger partial charge in [-0.25, -0.2) is 0 Å². The van der Waals surface area contributed by atoms with Crippen molar-refractivity contribution in [2.75, 3.05) is 0 Å². The minimum absolute atomic E-state index is 0.317. The minimum atomic E-state index is -0.317. The molecule has 16 heavy (non-hydrogen) atoms. The van der Waals surface area contributed by atoms with Gasteiger partial charge in [0.1, 0.15) is 0 Å². The fraction of sp³-hybridized carbons (Fsp3) is 1.00. The van der Waals surface area contributed by atoms with Crippen molar-refractivity contribution >= 4 is 0 Å². The molecule has 0 aromatic rings. The van der Waals surface area contributed by atoms with Crippen molar-refractivity contribution in [3.63, 3.8) is 0 Å². The molecule has 0 aromatic carbocycles. The molecule has 2 aliphatic rings. The van der Waals surface area contributed by atoms with Crippen molar-refractivity contribution in [2.24, 2.45) is 11.3 Å². The predicted molar refractivity (Wildman–Crippen MR) is 65.2 cm³/mol. The first-order valence-corrected chi connectivity index (χ1v) is 6.70. The Balaban J connectivity index is 2.01. The van der Waals surface area contributed by atoms with E-state index in [9.17, 15) is 0 Å². The second kappa shape index (κ2) is 3.99. The molecule has 2 heteroatoms. The molecule has 1 saturated carbocycles. The van der Waals surface area contributed by atoms with E-state index in [0.29, 0.717) is 17.6 Å². The summed E-state index contributed by atoms with van der Waals surface area (Å²) in [7, 11) is 0. The van der Waals surface area contributed by atoms with Crippen LogP contribution < -0.4 is 0 Å². The molecule has 1 aliphatic heterocycles. The van der Waals surface area contributed by atoms with Crippen LogP contribution in [-0.2, 0) is 9.47 Å². The van der Waals surface area contributed by atoms with Crippen molar-refractivity contribution in [3.8, 4) is 0 Å². The summed E-state index contributed by atoms with van der Waals surface area (Å²) in [6.45, 7) is 11.2. The lowest BCUT2D eigenvalue weighted by atomic mass is 9.71. The Morgan fingerprint density at radius 1 is 1.12 bits per heavy atom. The second-order valence-electron chi connectivity index (χ2n) is 6.68. The van der Waals surface area contributed by atoms with Crippen LogP contribution in [0.25, 0.3) is 0 Å². The quantitative estimate of drug-likeness (QED) is 0.678. The van der Waals surface area contributed by atoms with E-state index in [0.717, 1.165) is 12.3 Å². The van der Waals surface area contributed by atoms with Gasteiger partial charge in [-0.2, -0.15) is 0 Å². The minimum Gasteiger partial charge on any atom is -0.344 e. The first kappa shape index (κ1) is 12.4. The van der Waals surface area contributed by atoms with Gasteiger partial charge in [0.2, 0.25) is 0 Å². The molecule has 0 aromatic heterocycles. The molecule has 2 rings (SSSR count). The number of fused-ring (bicyclic) bond motifs is 1. The molecule has 0 amide bonds. The van der Waals surface area contributed by atoms with Gasteiger partial charge >= 0.3 is 0 Å². The topological polar surface area (TPSA) is 18.5 Å². The summed E-state index contributed by atoms with van der Waals surface area (Å²) in [6, 6.07) is 0. The van der Waals surface area contributed by atoms with Gasteiger partial charge in [0.05, 0.1) is 12.2 Å². The van der Waals surface area contributed by atoms with Crippen LogP contribution in [0.2, 0.25) is 0 Å². The largest absolute Gasteiger partial charge is 0.344 e. The Morgan fingerprint density at radius 2 is 1.75 bits per heavy atom. The summed E-state index contributed by atoms with van der Waals surface area (Å²) >= 11 is 0. The maximum Gasteiger partial charge on any atom is 0.166 e. The molecule has 94 valence electrons. The molecular weight excluding hydrogens is 200 g/mol. The first-order valence-electron chi connectivity index (χ1n) is 6.70.